The van der Waals surface area contributed by atoms with E-state index in [1.54, 1.807) is 14.2 Å². The lowest BCUT2D eigenvalue weighted by Crippen LogP contribution is -2.47. The monoisotopic (exact) mass is 404 g/mol. The Hall–Kier alpha value is -2.37. The number of hydrogen-bond donors (Lipinski definition) is 2. The molecule has 1 aromatic rings. The highest BCUT2D eigenvalue weighted by Gasteiger charge is 2.23. The average Bonchev–Trinajstić information content (AvgIpc) is 2.61. The number of carboxylic acids is 2. The van der Waals surface area contributed by atoms with Gasteiger partial charge in [-0.05, 0) is 18.2 Å². The second kappa shape index (κ2) is 10.1. The summed E-state index contributed by atoms with van der Waals surface area (Å²) in [6.45, 7) is 3.22. The number of aliphatic carboxylic acids is 2. The van der Waals surface area contributed by atoms with E-state index in [1.165, 1.54) is 10.6 Å². The molecule has 1 aliphatic heterocycles. The van der Waals surface area contributed by atoms with E-state index >= 15 is 0 Å². The quantitative estimate of drug-likeness (QED) is 0.647. The lowest BCUT2D eigenvalue weighted by molar-refractivity contribution is -0.159. The molecule has 27 heavy (non-hydrogen) atoms. The van der Waals surface area contributed by atoms with Crippen LogP contribution in [0.3, 0.4) is 0 Å². The predicted octanol–water partition coefficient (Wildman–Crippen LogP) is -0.0634. The number of methoxy groups -OCH3 is 2. The topological polar surface area (TPSA) is 134 Å². The van der Waals surface area contributed by atoms with Crippen LogP contribution in [0.2, 0.25) is 0 Å². The maximum absolute atomic E-state index is 11.5. The fraction of sp³-hybridized carbons (Fsp3) is 0.500. The van der Waals surface area contributed by atoms with Gasteiger partial charge in [-0.15, -0.1) is 0 Å². The SMILES string of the molecule is COc1ccc(OC)c(CN2CCN(S(C)(=O)=O)CC2)c1.O=C(O)C(=O)O. The Kier molecular flexibility index (Phi) is 8.47. The number of piperazine rings is 1. The first kappa shape index (κ1) is 22.7. The number of sulfonamides is 1. The summed E-state index contributed by atoms with van der Waals surface area (Å²) in [5, 5.41) is 14.8. The summed E-state index contributed by atoms with van der Waals surface area (Å²) < 4.78 is 35.1. The fourth-order valence-electron chi connectivity index (χ4n) is 2.47. The summed E-state index contributed by atoms with van der Waals surface area (Å²) in [5.41, 5.74) is 1.05. The van der Waals surface area contributed by atoms with E-state index in [0.29, 0.717) is 26.2 Å². The van der Waals surface area contributed by atoms with E-state index in [9.17, 15) is 8.42 Å². The normalized spacial score (nSPS) is 15.4. The number of benzene rings is 1. The van der Waals surface area contributed by atoms with Gasteiger partial charge in [0.25, 0.3) is 0 Å². The van der Waals surface area contributed by atoms with E-state index < -0.39 is 22.0 Å². The van der Waals surface area contributed by atoms with Crippen LogP contribution in [-0.4, -0.2) is 86.4 Å². The van der Waals surface area contributed by atoms with Gasteiger partial charge in [0.15, 0.2) is 0 Å². The molecule has 0 saturated carbocycles. The van der Waals surface area contributed by atoms with Gasteiger partial charge >= 0.3 is 11.9 Å². The molecular formula is C16H24N2O8S. The maximum atomic E-state index is 11.5. The molecule has 1 saturated heterocycles. The molecule has 0 amide bonds. The van der Waals surface area contributed by atoms with Crippen LogP contribution in [0.4, 0.5) is 0 Å². The Morgan fingerprint density at radius 3 is 2.00 bits per heavy atom. The zero-order valence-corrected chi connectivity index (χ0v) is 16.2. The molecule has 1 aliphatic rings. The Bertz CT molecular complexity index is 746. The van der Waals surface area contributed by atoms with Crippen molar-refractivity contribution in [1.29, 1.82) is 0 Å². The number of rotatable bonds is 5. The third kappa shape index (κ3) is 7.41. The first-order valence-electron chi connectivity index (χ1n) is 7.93. The van der Waals surface area contributed by atoms with Crippen molar-refractivity contribution >= 4 is 22.0 Å². The third-order valence-corrected chi connectivity index (χ3v) is 5.17. The van der Waals surface area contributed by atoms with Crippen LogP contribution in [0.5, 0.6) is 11.5 Å². The third-order valence-electron chi connectivity index (χ3n) is 3.86. The van der Waals surface area contributed by atoms with E-state index in [2.05, 4.69) is 4.90 Å². The molecule has 0 radical (unpaired) electrons. The molecule has 1 aromatic carbocycles. The minimum absolute atomic E-state index is 0.533. The lowest BCUT2D eigenvalue weighted by atomic mass is 10.1. The Balaban J connectivity index is 0.000000527. The molecule has 1 heterocycles. The van der Waals surface area contributed by atoms with Crippen LogP contribution in [-0.2, 0) is 26.2 Å². The average molecular weight is 404 g/mol. The second-order valence-electron chi connectivity index (χ2n) is 5.73. The summed E-state index contributed by atoms with van der Waals surface area (Å²) in [4.78, 5) is 20.4. The molecule has 1 fully saturated rings. The highest BCUT2D eigenvalue weighted by Crippen LogP contribution is 2.25. The molecule has 0 aliphatic carbocycles. The van der Waals surface area contributed by atoms with Crippen molar-refractivity contribution in [3.8, 4) is 11.5 Å². The van der Waals surface area contributed by atoms with Crippen LogP contribution in [0.15, 0.2) is 18.2 Å². The van der Waals surface area contributed by atoms with E-state index in [0.717, 1.165) is 23.6 Å². The van der Waals surface area contributed by atoms with Crippen LogP contribution in [0.25, 0.3) is 0 Å². The second-order valence-corrected chi connectivity index (χ2v) is 7.71. The molecular weight excluding hydrogens is 380 g/mol. The number of carbonyl (C=O) groups is 2. The highest BCUT2D eigenvalue weighted by molar-refractivity contribution is 7.88. The molecule has 0 atom stereocenters. The number of nitrogens with zero attached hydrogens (tertiary/aromatic N) is 2. The number of carboxylic acid groups (broad SMARTS) is 2. The van der Waals surface area contributed by atoms with Crippen molar-refractivity contribution in [3.05, 3.63) is 23.8 Å². The van der Waals surface area contributed by atoms with Crippen LogP contribution >= 0.6 is 0 Å². The van der Waals surface area contributed by atoms with E-state index in [4.69, 9.17) is 29.3 Å². The number of hydrogen-bond acceptors (Lipinski definition) is 7. The molecule has 0 unspecified atom stereocenters. The van der Waals surface area contributed by atoms with E-state index in [-0.39, 0.29) is 0 Å². The predicted molar refractivity (Wildman–Crippen MR) is 96.5 cm³/mol. The zero-order chi connectivity index (χ0) is 20.6. The summed E-state index contributed by atoms with van der Waals surface area (Å²) in [5.74, 6) is -2.04. The smallest absolute Gasteiger partial charge is 0.414 e. The molecule has 152 valence electrons. The van der Waals surface area contributed by atoms with Crippen LogP contribution in [0.1, 0.15) is 5.56 Å². The summed E-state index contributed by atoms with van der Waals surface area (Å²) in [7, 11) is 0.197. The highest BCUT2D eigenvalue weighted by atomic mass is 32.2. The van der Waals surface area contributed by atoms with Gasteiger partial charge in [0.2, 0.25) is 10.0 Å². The lowest BCUT2D eigenvalue weighted by Gasteiger charge is -2.33. The maximum Gasteiger partial charge on any atom is 0.414 e. The Labute approximate surface area is 157 Å². The van der Waals surface area contributed by atoms with Gasteiger partial charge < -0.3 is 19.7 Å². The van der Waals surface area contributed by atoms with Crippen molar-refractivity contribution in [3.63, 3.8) is 0 Å². The minimum atomic E-state index is -3.08. The van der Waals surface area contributed by atoms with Crippen LogP contribution in [0, 0.1) is 0 Å². The molecule has 11 heteroatoms. The van der Waals surface area contributed by atoms with Crippen molar-refractivity contribution in [1.82, 2.24) is 9.21 Å². The summed E-state index contributed by atoms with van der Waals surface area (Å²) in [6, 6.07) is 5.71. The van der Waals surface area contributed by atoms with Gasteiger partial charge in [-0.1, -0.05) is 0 Å². The Morgan fingerprint density at radius 1 is 1.04 bits per heavy atom. The first-order valence-corrected chi connectivity index (χ1v) is 9.78. The van der Waals surface area contributed by atoms with Crippen molar-refractivity contribution in [2.75, 3.05) is 46.7 Å². The van der Waals surface area contributed by atoms with Gasteiger partial charge in [0.1, 0.15) is 11.5 Å². The minimum Gasteiger partial charge on any atom is -0.497 e. The summed E-state index contributed by atoms with van der Waals surface area (Å²) in [6.07, 6.45) is 1.26. The molecule has 2 N–H and O–H groups in total. The van der Waals surface area contributed by atoms with Crippen LogP contribution < -0.4 is 9.47 Å². The van der Waals surface area contributed by atoms with Crippen molar-refractivity contribution < 1.29 is 37.7 Å². The van der Waals surface area contributed by atoms with Crippen molar-refractivity contribution in [2.45, 2.75) is 6.54 Å². The van der Waals surface area contributed by atoms with E-state index in [1.807, 2.05) is 18.2 Å². The first-order chi connectivity index (χ1) is 12.6. The van der Waals surface area contributed by atoms with Crippen molar-refractivity contribution in [2.24, 2.45) is 0 Å². The fourth-order valence-corrected chi connectivity index (χ4v) is 3.29. The Morgan fingerprint density at radius 2 is 1.59 bits per heavy atom. The van der Waals surface area contributed by atoms with Gasteiger partial charge in [-0.3, -0.25) is 4.90 Å². The number of ether oxygens (including phenoxy) is 2. The van der Waals surface area contributed by atoms with Gasteiger partial charge in [0, 0.05) is 38.3 Å². The van der Waals surface area contributed by atoms with Gasteiger partial charge in [-0.2, -0.15) is 4.31 Å². The summed E-state index contributed by atoms with van der Waals surface area (Å²) >= 11 is 0. The molecule has 0 aromatic heterocycles. The van der Waals surface area contributed by atoms with Gasteiger partial charge in [0.05, 0.1) is 20.5 Å². The zero-order valence-electron chi connectivity index (χ0n) is 15.4. The molecule has 0 bridgehead atoms. The largest absolute Gasteiger partial charge is 0.497 e. The molecule has 0 spiro atoms. The van der Waals surface area contributed by atoms with Gasteiger partial charge in [-0.25, -0.2) is 18.0 Å². The molecule has 10 nitrogen and oxygen atoms in total. The molecule has 2 rings (SSSR count). The standard InChI is InChI=1S/C14H22N2O4S.C2H2O4/c1-19-13-4-5-14(20-2)12(10-13)11-15-6-8-16(9-7-15)21(3,17)18;3-1(4)2(5)6/h4-5,10H,6-9,11H2,1-3H3;(H,3,4)(H,5,6).